The maximum Gasteiger partial charge on any atom is 0.204 e. The first-order valence-corrected chi connectivity index (χ1v) is 7.00. The number of aromatic nitrogens is 2. The van der Waals surface area contributed by atoms with E-state index in [1.165, 1.54) is 0 Å². The summed E-state index contributed by atoms with van der Waals surface area (Å²) >= 11 is 0. The molecular weight excluding hydrogens is 265 g/mol. The molecule has 0 saturated heterocycles. The highest BCUT2D eigenvalue weighted by Gasteiger charge is 2.12. The lowest BCUT2D eigenvalue weighted by atomic mass is 10.1. The number of halogens is 1. The average Bonchev–Trinajstić information content (AvgIpc) is 2.79. The monoisotopic (exact) mass is 283 g/mol. The van der Waals surface area contributed by atoms with Crippen LogP contribution < -0.4 is 5.32 Å². The van der Waals surface area contributed by atoms with E-state index in [2.05, 4.69) is 10.3 Å². The zero-order valence-electron chi connectivity index (χ0n) is 12.4. The number of hydrogen-bond donors (Lipinski definition) is 1. The van der Waals surface area contributed by atoms with Gasteiger partial charge in [-0.25, -0.2) is 9.37 Å². The van der Waals surface area contributed by atoms with Gasteiger partial charge >= 0.3 is 0 Å². The van der Waals surface area contributed by atoms with Gasteiger partial charge in [-0.05, 0) is 43.2 Å². The van der Waals surface area contributed by atoms with Crippen molar-refractivity contribution in [2.24, 2.45) is 7.05 Å². The third-order valence-electron chi connectivity index (χ3n) is 3.83. The zero-order chi connectivity index (χ0) is 15.0. The van der Waals surface area contributed by atoms with Gasteiger partial charge in [0.1, 0.15) is 5.82 Å². The van der Waals surface area contributed by atoms with Crippen LogP contribution in [0.25, 0.3) is 11.0 Å². The number of nitrogens with one attached hydrogen (secondary N) is 1. The molecule has 2 aromatic carbocycles. The van der Waals surface area contributed by atoms with Gasteiger partial charge in [0.25, 0.3) is 0 Å². The van der Waals surface area contributed by atoms with Gasteiger partial charge in [-0.1, -0.05) is 24.3 Å². The molecule has 1 aromatic heterocycles. The van der Waals surface area contributed by atoms with E-state index in [9.17, 15) is 4.39 Å². The number of nitrogens with zero attached hydrogens (tertiary/aromatic N) is 2. The Labute approximate surface area is 123 Å². The predicted molar refractivity (Wildman–Crippen MR) is 83.9 cm³/mol. The summed E-state index contributed by atoms with van der Waals surface area (Å²) in [6, 6.07) is 13.3. The van der Waals surface area contributed by atoms with E-state index >= 15 is 0 Å². The number of rotatable bonds is 3. The molecule has 3 rings (SSSR count). The first kappa shape index (κ1) is 13.6. The molecule has 1 unspecified atom stereocenters. The van der Waals surface area contributed by atoms with Crippen molar-refractivity contribution in [3.05, 3.63) is 59.4 Å². The third-order valence-corrected chi connectivity index (χ3v) is 3.83. The Morgan fingerprint density at radius 1 is 1.19 bits per heavy atom. The van der Waals surface area contributed by atoms with E-state index in [0.29, 0.717) is 5.56 Å². The van der Waals surface area contributed by atoms with Crippen molar-refractivity contribution >= 4 is 17.0 Å². The molecule has 3 aromatic rings. The highest BCUT2D eigenvalue weighted by Crippen LogP contribution is 2.23. The summed E-state index contributed by atoms with van der Waals surface area (Å²) in [5.41, 5.74) is 3.59. The Hall–Kier alpha value is -2.36. The fraction of sp³-hybridized carbons (Fsp3) is 0.235. The summed E-state index contributed by atoms with van der Waals surface area (Å²) < 4.78 is 15.7. The molecule has 0 aliphatic rings. The Balaban J connectivity index is 1.90. The molecule has 1 atom stereocenters. The number of aryl methyl sites for hydroxylation is 2. The van der Waals surface area contributed by atoms with Crippen molar-refractivity contribution in [2.45, 2.75) is 19.9 Å². The van der Waals surface area contributed by atoms with Gasteiger partial charge in [-0.15, -0.1) is 0 Å². The van der Waals surface area contributed by atoms with Crippen molar-refractivity contribution in [1.29, 1.82) is 0 Å². The number of benzene rings is 2. The molecule has 21 heavy (non-hydrogen) atoms. The highest BCUT2D eigenvalue weighted by atomic mass is 19.1. The first-order valence-electron chi connectivity index (χ1n) is 7.00. The summed E-state index contributed by atoms with van der Waals surface area (Å²) in [6.07, 6.45) is 0. The summed E-state index contributed by atoms with van der Waals surface area (Å²) in [6.45, 7) is 3.77. The average molecular weight is 283 g/mol. The SMILES string of the molecule is Cc1ccc(C(C)Nc2nc3ccccc3n2C)cc1F. The van der Waals surface area contributed by atoms with Crippen LogP contribution in [0.3, 0.4) is 0 Å². The van der Waals surface area contributed by atoms with Crippen molar-refractivity contribution in [2.75, 3.05) is 5.32 Å². The number of para-hydroxylation sites is 2. The molecule has 0 amide bonds. The molecule has 108 valence electrons. The molecule has 4 heteroatoms. The molecule has 0 saturated carbocycles. The van der Waals surface area contributed by atoms with Crippen LogP contribution in [0, 0.1) is 12.7 Å². The van der Waals surface area contributed by atoms with E-state index < -0.39 is 0 Å². The van der Waals surface area contributed by atoms with Crippen LogP contribution in [-0.2, 0) is 7.05 Å². The number of hydrogen-bond acceptors (Lipinski definition) is 2. The lowest BCUT2D eigenvalue weighted by molar-refractivity contribution is 0.614. The molecule has 0 radical (unpaired) electrons. The second kappa shape index (κ2) is 5.20. The van der Waals surface area contributed by atoms with E-state index in [4.69, 9.17) is 0 Å². The Kier molecular flexibility index (Phi) is 3.37. The van der Waals surface area contributed by atoms with Crippen LogP contribution in [0.4, 0.5) is 10.3 Å². The van der Waals surface area contributed by atoms with Crippen molar-refractivity contribution in [1.82, 2.24) is 9.55 Å². The second-order valence-corrected chi connectivity index (χ2v) is 5.36. The van der Waals surface area contributed by atoms with Crippen LogP contribution in [0.5, 0.6) is 0 Å². The van der Waals surface area contributed by atoms with Gasteiger partial charge in [0.05, 0.1) is 17.1 Å². The molecule has 0 aliphatic heterocycles. The normalized spacial score (nSPS) is 12.6. The lowest BCUT2D eigenvalue weighted by Gasteiger charge is -2.15. The fourth-order valence-electron chi connectivity index (χ4n) is 2.43. The topological polar surface area (TPSA) is 29.9 Å². The zero-order valence-corrected chi connectivity index (χ0v) is 12.4. The van der Waals surface area contributed by atoms with Crippen molar-refractivity contribution in [3.63, 3.8) is 0 Å². The summed E-state index contributed by atoms with van der Waals surface area (Å²) in [7, 11) is 1.97. The van der Waals surface area contributed by atoms with Crippen molar-refractivity contribution < 1.29 is 4.39 Å². The van der Waals surface area contributed by atoms with Gasteiger partial charge in [0, 0.05) is 7.05 Å². The van der Waals surface area contributed by atoms with Gasteiger partial charge in [0.2, 0.25) is 5.95 Å². The Bertz CT molecular complexity index is 792. The predicted octanol–water partition coefficient (Wildman–Crippen LogP) is 4.19. The highest BCUT2D eigenvalue weighted by molar-refractivity contribution is 5.78. The maximum absolute atomic E-state index is 13.7. The van der Waals surface area contributed by atoms with Gasteiger partial charge in [-0.2, -0.15) is 0 Å². The minimum absolute atomic E-state index is 0.0180. The van der Waals surface area contributed by atoms with Gasteiger partial charge in [-0.3, -0.25) is 0 Å². The molecule has 0 spiro atoms. The molecule has 0 fully saturated rings. The number of anilines is 1. The largest absolute Gasteiger partial charge is 0.349 e. The summed E-state index contributed by atoms with van der Waals surface area (Å²) in [5, 5.41) is 3.35. The number of imidazole rings is 1. The van der Waals surface area contributed by atoms with Crippen LogP contribution in [0.1, 0.15) is 24.1 Å². The van der Waals surface area contributed by atoms with Gasteiger partial charge in [0.15, 0.2) is 0 Å². The third kappa shape index (κ3) is 2.49. The Morgan fingerprint density at radius 3 is 2.67 bits per heavy atom. The molecule has 1 heterocycles. The van der Waals surface area contributed by atoms with Gasteiger partial charge < -0.3 is 9.88 Å². The van der Waals surface area contributed by atoms with E-state index in [-0.39, 0.29) is 11.9 Å². The van der Waals surface area contributed by atoms with E-state index in [1.807, 2.05) is 48.9 Å². The number of fused-ring (bicyclic) bond motifs is 1. The summed E-state index contributed by atoms with van der Waals surface area (Å²) in [4.78, 5) is 4.58. The molecular formula is C17H18FN3. The van der Waals surface area contributed by atoms with Crippen LogP contribution in [0.15, 0.2) is 42.5 Å². The van der Waals surface area contributed by atoms with Crippen molar-refractivity contribution in [3.8, 4) is 0 Å². The fourth-order valence-corrected chi connectivity index (χ4v) is 2.43. The first-order chi connectivity index (χ1) is 10.1. The van der Waals surface area contributed by atoms with Crippen LogP contribution >= 0.6 is 0 Å². The second-order valence-electron chi connectivity index (χ2n) is 5.36. The van der Waals surface area contributed by atoms with E-state index in [0.717, 1.165) is 22.5 Å². The molecule has 0 bridgehead atoms. The quantitative estimate of drug-likeness (QED) is 0.781. The summed E-state index contributed by atoms with van der Waals surface area (Å²) in [5.74, 6) is 0.607. The van der Waals surface area contributed by atoms with Crippen LogP contribution in [0.2, 0.25) is 0 Å². The Morgan fingerprint density at radius 2 is 1.95 bits per heavy atom. The molecule has 0 aliphatic carbocycles. The molecule has 1 N–H and O–H groups in total. The maximum atomic E-state index is 13.7. The minimum atomic E-state index is -0.175. The minimum Gasteiger partial charge on any atom is -0.349 e. The standard InChI is InChI=1S/C17H18FN3/c1-11-8-9-13(10-14(11)18)12(2)19-17-20-15-6-4-5-7-16(15)21(17)3/h4-10,12H,1-3H3,(H,19,20). The molecule has 3 nitrogen and oxygen atoms in total. The van der Waals surface area contributed by atoms with Crippen LogP contribution in [-0.4, -0.2) is 9.55 Å². The smallest absolute Gasteiger partial charge is 0.204 e. The van der Waals surface area contributed by atoms with E-state index in [1.54, 1.807) is 19.1 Å². The lowest BCUT2D eigenvalue weighted by Crippen LogP contribution is -2.10.